The summed E-state index contributed by atoms with van der Waals surface area (Å²) >= 11 is 0. The van der Waals surface area contributed by atoms with Crippen molar-refractivity contribution in [3.05, 3.63) is 22.3 Å². The van der Waals surface area contributed by atoms with Crippen LogP contribution in [0, 0.1) is 0 Å². The Morgan fingerprint density at radius 2 is 1.28 bits per heavy atom. The van der Waals surface area contributed by atoms with Gasteiger partial charge in [-0.1, -0.05) is 0 Å². The van der Waals surface area contributed by atoms with Crippen LogP contribution in [-0.4, -0.2) is 29.3 Å². The predicted octanol–water partition coefficient (Wildman–Crippen LogP) is 6.58. The molecular weight excluding hydrogens is 394 g/mol. The predicted molar refractivity (Wildman–Crippen MR) is 127 cm³/mol. The lowest BCUT2D eigenvalue weighted by Gasteiger charge is -2.48. The summed E-state index contributed by atoms with van der Waals surface area (Å²) in [6.45, 7) is 20.2. The van der Waals surface area contributed by atoms with Crippen molar-refractivity contribution in [2.24, 2.45) is 0 Å². The third kappa shape index (κ3) is 4.92. The van der Waals surface area contributed by atoms with Crippen molar-refractivity contribution < 1.29 is 13.6 Å². The first-order valence-corrected chi connectivity index (χ1v) is 17.9. The first-order chi connectivity index (χ1) is 13.2. The molecular formula is C23H41NO3Si2. The molecule has 0 spiro atoms. The highest BCUT2D eigenvalue weighted by Crippen LogP contribution is 2.59. The summed E-state index contributed by atoms with van der Waals surface area (Å²) in [5.74, 6) is 0.981. The lowest BCUT2D eigenvalue weighted by Crippen LogP contribution is -2.43. The molecule has 0 radical (unpaired) electrons. The Kier molecular flexibility index (Phi) is 6.07. The molecule has 0 aromatic heterocycles. The first kappa shape index (κ1) is 22.8. The van der Waals surface area contributed by atoms with E-state index in [1.807, 2.05) is 0 Å². The minimum Gasteiger partial charge on any atom is -0.494 e. The highest BCUT2D eigenvalue weighted by atomic mass is 28.4. The highest BCUT2D eigenvalue weighted by molar-refractivity contribution is 6.70. The largest absolute Gasteiger partial charge is 0.494 e. The second-order valence-corrected chi connectivity index (χ2v) is 20.5. The van der Waals surface area contributed by atoms with Gasteiger partial charge in [-0.25, -0.2) is 0 Å². The summed E-state index contributed by atoms with van der Waals surface area (Å²) in [4.78, 5) is 0. The fraction of sp³-hybridized carbons (Fsp3) is 0.739. The monoisotopic (exact) mass is 435 g/mol. The van der Waals surface area contributed by atoms with Gasteiger partial charge in [0.2, 0.25) is 0 Å². The van der Waals surface area contributed by atoms with E-state index in [1.54, 1.807) is 7.11 Å². The first-order valence-electron chi connectivity index (χ1n) is 11.1. The molecule has 1 N–H and O–H groups in total. The molecule has 29 heavy (non-hydrogen) atoms. The quantitative estimate of drug-likeness (QED) is 0.512. The highest BCUT2D eigenvalue weighted by Gasteiger charge is 2.49. The molecule has 1 aromatic rings. The van der Waals surface area contributed by atoms with E-state index in [1.165, 1.54) is 40.8 Å². The maximum absolute atomic E-state index is 6.73. The van der Waals surface area contributed by atoms with Crippen LogP contribution in [0.3, 0.4) is 0 Å². The van der Waals surface area contributed by atoms with Gasteiger partial charge in [-0.2, -0.15) is 0 Å². The second kappa shape index (κ2) is 7.70. The van der Waals surface area contributed by atoms with Gasteiger partial charge < -0.3 is 18.9 Å². The lowest BCUT2D eigenvalue weighted by molar-refractivity contribution is 0.00860. The number of rotatable bonds is 6. The minimum absolute atomic E-state index is 0.0221. The van der Waals surface area contributed by atoms with Gasteiger partial charge in [-0.15, -0.1) is 0 Å². The molecule has 0 amide bonds. The van der Waals surface area contributed by atoms with Crippen molar-refractivity contribution in [3.63, 3.8) is 0 Å². The number of methoxy groups -OCH3 is 1. The molecule has 0 aliphatic heterocycles. The number of nitrogens with one attached hydrogen (secondary N) is 1. The molecule has 0 fully saturated rings. The number of hydrogen-bond donors (Lipinski definition) is 1. The average Bonchev–Trinajstić information content (AvgIpc) is 2.55. The minimum atomic E-state index is -1.75. The Morgan fingerprint density at radius 3 is 1.72 bits per heavy atom. The topological polar surface area (TPSA) is 39.7 Å². The third-order valence-electron chi connectivity index (χ3n) is 5.37. The normalized spacial score (nSPS) is 21.9. The van der Waals surface area contributed by atoms with Crippen LogP contribution in [-0.2, 0) is 21.7 Å². The number of hydrogen-bond acceptors (Lipinski definition) is 4. The van der Waals surface area contributed by atoms with E-state index in [4.69, 9.17) is 13.6 Å². The van der Waals surface area contributed by atoms with E-state index in [2.05, 4.69) is 65.4 Å². The average molecular weight is 436 g/mol. The van der Waals surface area contributed by atoms with Crippen LogP contribution in [0.25, 0.3) is 0 Å². The zero-order valence-corrected chi connectivity index (χ0v) is 22.2. The molecule has 1 aromatic carbocycles. The van der Waals surface area contributed by atoms with Gasteiger partial charge in [-0.05, 0) is 102 Å². The molecule has 0 bridgehead atoms. The molecule has 6 heteroatoms. The van der Waals surface area contributed by atoms with Crippen molar-refractivity contribution in [1.82, 2.24) is 0 Å². The SMILES string of the molecule is COc1c(NC(C)(C)C)c2c(c3c1[C@H](O[Si](C)(C)C)[C@@H]3O[Si](C)(C)C)CCCC2. The Bertz CT molecular complexity index is 773. The molecule has 2 aliphatic rings. The van der Waals surface area contributed by atoms with Gasteiger partial charge in [0.15, 0.2) is 16.6 Å². The van der Waals surface area contributed by atoms with E-state index < -0.39 is 16.6 Å². The molecule has 3 rings (SSSR count). The zero-order chi connectivity index (χ0) is 21.8. The van der Waals surface area contributed by atoms with Gasteiger partial charge >= 0.3 is 0 Å². The number of ether oxygens (including phenoxy) is 1. The van der Waals surface area contributed by atoms with Crippen LogP contribution >= 0.6 is 0 Å². The summed E-state index contributed by atoms with van der Waals surface area (Å²) < 4.78 is 19.5. The van der Waals surface area contributed by atoms with E-state index in [0.717, 1.165) is 18.6 Å². The van der Waals surface area contributed by atoms with Crippen LogP contribution in [0.5, 0.6) is 5.75 Å². The molecule has 0 heterocycles. The summed E-state index contributed by atoms with van der Waals surface area (Å²) in [5, 5.41) is 3.78. The van der Waals surface area contributed by atoms with Crippen molar-refractivity contribution in [1.29, 1.82) is 0 Å². The fourth-order valence-electron chi connectivity index (χ4n) is 4.57. The van der Waals surface area contributed by atoms with E-state index in [9.17, 15) is 0 Å². The molecule has 2 aliphatic carbocycles. The van der Waals surface area contributed by atoms with Crippen molar-refractivity contribution in [2.75, 3.05) is 12.4 Å². The fourth-order valence-corrected chi connectivity index (χ4v) is 6.58. The Balaban J connectivity index is 2.21. The smallest absolute Gasteiger partial charge is 0.184 e. The molecule has 4 nitrogen and oxygen atoms in total. The van der Waals surface area contributed by atoms with Crippen molar-refractivity contribution in [2.45, 2.75) is 103 Å². The summed E-state index contributed by atoms with van der Waals surface area (Å²) in [7, 11) is -1.67. The van der Waals surface area contributed by atoms with E-state index >= 15 is 0 Å². The van der Waals surface area contributed by atoms with Crippen LogP contribution in [0.1, 0.15) is 68.1 Å². The molecule has 164 valence electrons. The zero-order valence-electron chi connectivity index (χ0n) is 20.2. The van der Waals surface area contributed by atoms with Crippen LogP contribution < -0.4 is 10.1 Å². The molecule has 0 unspecified atom stereocenters. The van der Waals surface area contributed by atoms with Gasteiger partial charge in [0, 0.05) is 11.1 Å². The summed E-state index contributed by atoms with van der Waals surface area (Å²) in [5.41, 5.74) is 6.71. The lowest BCUT2D eigenvalue weighted by atomic mass is 9.72. The summed E-state index contributed by atoms with van der Waals surface area (Å²) in [6, 6.07) is 0. The molecule has 2 atom stereocenters. The van der Waals surface area contributed by atoms with Crippen LogP contribution in [0.2, 0.25) is 39.3 Å². The van der Waals surface area contributed by atoms with Gasteiger partial charge in [-0.3, -0.25) is 0 Å². The third-order valence-corrected chi connectivity index (χ3v) is 7.29. The van der Waals surface area contributed by atoms with Crippen molar-refractivity contribution in [3.8, 4) is 5.75 Å². The molecule has 0 saturated carbocycles. The van der Waals surface area contributed by atoms with Gasteiger partial charge in [0.1, 0.15) is 18.0 Å². The molecule has 0 saturated heterocycles. The maximum Gasteiger partial charge on any atom is 0.184 e. The number of fused-ring (bicyclic) bond motifs is 3. The van der Waals surface area contributed by atoms with Crippen LogP contribution in [0.15, 0.2) is 0 Å². The van der Waals surface area contributed by atoms with Crippen LogP contribution in [0.4, 0.5) is 5.69 Å². The van der Waals surface area contributed by atoms with Gasteiger partial charge in [0.25, 0.3) is 0 Å². The standard InChI is InChI=1S/C23H41NO3Si2/c1-23(2,3)24-19-16-14-12-11-13-15(16)17-18(20(19)25-4)22(27-29(8,9)10)21(17)26-28(5,6)7/h21-22,24H,11-14H2,1-10H3/t21-,22+/m1/s1. The number of benzene rings is 1. The van der Waals surface area contributed by atoms with E-state index in [-0.39, 0.29) is 17.7 Å². The van der Waals surface area contributed by atoms with Crippen molar-refractivity contribution >= 4 is 22.3 Å². The summed E-state index contributed by atoms with van der Waals surface area (Å²) in [6.07, 6.45) is 4.75. The Labute approximate surface area is 180 Å². The maximum atomic E-state index is 6.73. The Hall–Kier alpha value is -0.826. The van der Waals surface area contributed by atoms with Gasteiger partial charge in [0.05, 0.1) is 12.8 Å². The Morgan fingerprint density at radius 1 is 0.793 bits per heavy atom. The number of anilines is 1. The van der Waals surface area contributed by atoms with E-state index in [0.29, 0.717) is 0 Å². The second-order valence-electron chi connectivity index (χ2n) is 11.6.